The summed E-state index contributed by atoms with van der Waals surface area (Å²) in [6, 6.07) is 0.477. The van der Waals surface area contributed by atoms with Crippen LogP contribution in [0, 0.1) is 5.92 Å². The Hall–Kier alpha value is -0.160. The number of nitrogens with two attached hydrogens (primary N) is 1. The molecule has 4 nitrogen and oxygen atoms in total. The predicted molar refractivity (Wildman–Crippen MR) is 67.8 cm³/mol. The van der Waals surface area contributed by atoms with E-state index in [4.69, 9.17) is 10.5 Å². The van der Waals surface area contributed by atoms with Crippen molar-refractivity contribution in [1.29, 1.82) is 0 Å². The number of hydrogen-bond donors (Lipinski definition) is 3. The Morgan fingerprint density at radius 1 is 1.41 bits per heavy atom. The van der Waals surface area contributed by atoms with Gasteiger partial charge in [-0.25, -0.2) is 0 Å². The van der Waals surface area contributed by atoms with Gasteiger partial charge in [-0.1, -0.05) is 12.8 Å². The molecule has 1 aliphatic carbocycles. The zero-order chi connectivity index (χ0) is 12.3. The van der Waals surface area contributed by atoms with E-state index >= 15 is 0 Å². The first-order valence-corrected chi connectivity index (χ1v) is 6.93. The molecule has 4 N–H and O–H groups in total. The van der Waals surface area contributed by atoms with Gasteiger partial charge >= 0.3 is 0 Å². The average Bonchev–Trinajstić information content (AvgIpc) is 2.68. The van der Waals surface area contributed by atoms with Crippen molar-refractivity contribution < 1.29 is 9.84 Å². The Balaban J connectivity index is 1.84. The van der Waals surface area contributed by atoms with Crippen molar-refractivity contribution in [3.63, 3.8) is 0 Å². The average molecular weight is 242 g/mol. The van der Waals surface area contributed by atoms with Crippen molar-refractivity contribution in [1.82, 2.24) is 5.32 Å². The van der Waals surface area contributed by atoms with E-state index in [1.54, 1.807) is 0 Å². The molecule has 2 fully saturated rings. The van der Waals surface area contributed by atoms with Gasteiger partial charge in [0, 0.05) is 25.6 Å². The van der Waals surface area contributed by atoms with Crippen molar-refractivity contribution in [2.45, 2.75) is 56.8 Å². The van der Waals surface area contributed by atoms with Gasteiger partial charge in [-0.3, -0.25) is 0 Å². The number of nitrogens with one attached hydrogen (secondary N) is 1. The standard InChI is InChI=1S/C13H26N2O2/c1-10-13(16,6-7-17-10)9-15-12-5-3-2-4-11(12)8-14/h10-12,15-16H,2-9,14H2,1H3. The largest absolute Gasteiger partial charge is 0.386 e. The van der Waals surface area contributed by atoms with Crippen LogP contribution >= 0.6 is 0 Å². The number of ether oxygens (including phenoxy) is 1. The van der Waals surface area contributed by atoms with Crippen molar-refractivity contribution in [3.8, 4) is 0 Å². The van der Waals surface area contributed by atoms with Crippen LogP contribution in [0.5, 0.6) is 0 Å². The lowest BCUT2D eigenvalue weighted by molar-refractivity contribution is -0.0294. The van der Waals surface area contributed by atoms with E-state index in [9.17, 15) is 5.11 Å². The Labute approximate surface area is 104 Å². The molecule has 0 bridgehead atoms. The molecule has 1 saturated heterocycles. The zero-order valence-corrected chi connectivity index (χ0v) is 10.8. The van der Waals surface area contributed by atoms with Crippen LogP contribution in [0.3, 0.4) is 0 Å². The maximum atomic E-state index is 10.4. The van der Waals surface area contributed by atoms with Gasteiger partial charge in [0.2, 0.25) is 0 Å². The van der Waals surface area contributed by atoms with Crippen LogP contribution in [0.4, 0.5) is 0 Å². The van der Waals surface area contributed by atoms with E-state index in [-0.39, 0.29) is 6.10 Å². The monoisotopic (exact) mass is 242 g/mol. The van der Waals surface area contributed by atoms with Gasteiger partial charge in [0.05, 0.1) is 6.10 Å². The molecule has 0 spiro atoms. The number of aliphatic hydroxyl groups is 1. The molecule has 0 aromatic heterocycles. The van der Waals surface area contributed by atoms with Crippen LogP contribution in [0.15, 0.2) is 0 Å². The number of hydrogen-bond acceptors (Lipinski definition) is 4. The molecule has 0 aromatic carbocycles. The minimum Gasteiger partial charge on any atom is -0.386 e. The van der Waals surface area contributed by atoms with E-state index in [0.717, 1.165) is 13.0 Å². The lowest BCUT2D eigenvalue weighted by atomic mass is 9.84. The summed E-state index contributed by atoms with van der Waals surface area (Å²) >= 11 is 0. The highest BCUT2D eigenvalue weighted by molar-refractivity contribution is 4.93. The third kappa shape index (κ3) is 2.99. The Morgan fingerprint density at radius 2 is 2.18 bits per heavy atom. The molecule has 4 unspecified atom stereocenters. The van der Waals surface area contributed by atoms with Gasteiger partial charge < -0.3 is 20.9 Å². The molecule has 1 aliphatic heterocycles. The van der Waals surface area contributed by atoms with Gasteiger partial charge in [-0.2, -0.15) is 0 Å². The second kappa shape index (κ2) is 5.65. The Bertz CT molecular complexity index is 250. The van der Waals surface area contributed by atoms with Gasteiger partial charge in [0.25, 0.3) is 0 Å². The quantitative estimate of drug-likeness (QED) is 0.676. The first kappa shape index (κ1) is 13.3. The maximum absolute atomic E-state index is 10.4. The highest BCUT2D eigenvalue weighted by Crippen LogP contribution is 2.27. The fraction of sp³-hybridized carbons (Fsp3) is 1.00. The van der Waals surface area contributed by atoms with E-state index in [2.05, 4.69) is 5.32 Å². The maximum Gasteiger partial charge on any atom is 0.105 e. The van der Waals surface area contributed by atoms with Gasteiger partial charge in [0.1, 0.15) is 5.60 Å². The van der Waals surface area contributed by atoms with E-state index in [1.807, 2.05) is 6.92 Å². The first-order valence-electron chi connectivity index (χ1n) is 6.93. The van der Waals surface area contributed by atoms with Crippen molar-refractivity contribution in [3.05, 3.63) is 0 Å². The summed E-state index contributed by atoms with van der Waals surface area (Å²) in [6.07, 6.45) is 5.66. The Morgan fingerprint density at radius 3 is 2.82 bits per heavy atom. The summed E-state index contributed by atoms with van der Waals surface area (Å²) in [6.45, 7) is 4.01. The molecule has 1 saturated carbocycles. The van der Waals surface area contributed by atoms with E-state index in [0.29, 0.717) is 25.1 Å². The second-order valence-electron chi connectivity index (χ2n) is 5.63. The SMILES string of the molecule is CC1OCCC1(O)CNC1CCCCC1CN. The summed E-state index contributed by atoms with van der Waals surface area (Å²) in [5.74, 6) is 0.574. The van der Waals surface area contributed by atoms with Crippen LogP contribution in [0.2, 0.25) is 0 Å². The third-order valence-electron chi connectivity index (χ3n) is 4.54. The molecule has 1 heterocycles. The van der Waals surface area contributed by atoms with Gasteiger partial charge in [-0.15, -0.1) is 0 Å². The second-order valence-corrected chi connectivity index (χ2v) is 5.63. The minimum absolute atomic E-state index is 0.0603. The van der Waals surface area contributed by atoms with E-state index in [1.165, 1.54) is 25.7 Å². The molecule has 0 radical (unpaired) electrons. The molecule has 0 amide bonds. The molecule has 100 valence electrons. The Kier molecular flexibility index (Phi) is 4.42. The summed E-state index contributed by atoms with van der Waals surface area (Å²) in [5, 5.41) is 14.0. The lowest BCUT2D eigenvalue weighted by Gasteiger charge is -2.35. The van der Waals surface area contributed by atoms with Gasteiger partial charge in [0.15, 0.2) is 0 Å². The van der Waals surface area contributed by atoms with Crippen LogP contribution < -0.4 is 11.1 Å². The fourth-order valence-electron chi connectivity index (χ4n) is 3.07. The molecule has 4 heteroatoms. The van der Waals surface area contributed by atoms with Crippen LogP contribution in [0.25, 0.3) is 0 Å². The molecular formula is C13H26N2O2. The predicted octanol–water partition coefficient (Wildman–Crippen LogP) is 0.633. The minimum atomic E-state index is -0.684. The summed E-state index contributed by atoms with van der Waals surface area (Å²) in [7, 11) is 0. The van der Waals surface area contributed by atoms with Crippen LogP contribution in [0.1, 0.15) is 39.0 Å². The first-order chi connectivity index (χ1) is 8.15. The zero-order valence-electron chi connectivity index (χ0n) is 10.8. The fourth-order valence-corrected chi connectivity index (χ4v) is 3.07. The molecule has 0 aromatic rings. The van der Waals surface area contributed by atoms with E-state index < -0.39 is 5.60 Å². The van der Waals surface area contributed by atoms with Crippen LogP contribution in [-0.2, 0) is 4.74 Å². The molecular weight excluding hydrogens is 216 g/mol. The highest BCUT2D eigenvalue weighted by Gasteiger charge is 2.40. The highest BCUT2D eigenvalue weighted by atomic mass is 16.5. The summed E-state index contributed by atoms with van der Waals surface area (Å²) in [5.41, 5.74) is 5.13. The van der Waals surface area contributed by atoms with Gasteiger partial charge in [-0.05, 0) is 32.2 Å². The molecule has 2 aliphatic rings. The molecule has 2 rings (SSSR count). The van der Waals surface area contributed by atoms with Crippen molar-refractivity contribution >= 4 is 0 Å². The topological polar surface area (TPSA) is 67.5 Å². The smallest absolute Gasteiger partial charge is 0.105 e. The molecule has 4 atom stereocenters. The lowest BCUT2D eigenvalue weighted by Crippen LogP contribution is -2.51. The van der Waals surface area contributed by atoms with Crippen LogP contribution in [-0.4, -0.2) is 42.5 Å². The third-order valence-corrected chi connectivity index (χ3v) is 4.54. The summed E-state index contributed by atoms with van der Waals surface area (Å²) < 4.78 is 5.45. The van der Waals surface area contributed by atoms with Crippen molar-refractivity contribution in [2.75, 3.05) is 19.7 Å². The summed E-state index contributed by atoms with van der Waals surface area (Å²) in [4.78, 5) is 0. The van der Waals surface area contributed by atoms with Crippen molar-refractivity contribution in [2.24, 2.45) is 11.7 Å². The normalized spacial score (nSPS) is 42.9. The molecule has 17 heavy (non-hydrogen) atoms. The number of rotatable bonds is 4.